The fraction of sp³-hybridized carbons (Fsp3) is 0.136. The van der Waals surface area contributed by atoms with E-state index in [-0.39, 0.29) is 17.7 Å². The quantitative estimate of drug-likeness (QED) is 0.585. The fourth-order valence-corrected chi connectivity index (χ4v) is 4.08. The third kappa shape index (κ3) is 4.37. The van der Waals surface area contributed by atoms with Gasteiger partial charge in [0.15, 0.2) is 0 Å². The molecule has 3 aromatic rings. The molecule has 1 saturated heterocycles. The molecule has 0 radical (unpaired) electrons. The van der Waals surface area contributed by atoms with E-state index in [1.807, 2.05) is 11.4 Å². The van der Waals surface area contributed by atoms with Gasteiger partial charge in [0.05, 0.1) is 16.1 Å². The highest BCUT2D eigenvalue weighted by Gasteiger charge is 2.26. The standard InChI is InChI=1S/C22H18ClN3O3S/c23-14-8-9-17(18(12-14)26-10-2-7-20(26)27)21(28)24-15-4-1-5-16(13-15)25-22(29)19-6-3-11-30-19/h1,3-6,8-9,11-13H,2,7,10H2,(H,24,28)(H,25,29). The van der Waals surface area contributed by atoms with Gasteiger partial charge in [-0.3, -0.25) is 14.4 Å². The minimum Gasteiger partial charge on any atom is -0.322 e. The lowest BCUT2D eigenvalue weighted by Crippen LogP contribution is -2.27. The van der Waals surface area contributed by atoms with Crippen LogP contribution in [0.2, 0.25) is 5.02 Å². The largest absolute Gasteiger partial charge is 0.322 e. The number of carbonyl (C=O) groups is 3. The molecule has 30 heavy (non-hydrogen) atoms. The van der Waals surface area contributed by atoms with Gasteiger partial charge in [0.1, 0.15) is 0 Å². The molecular weight excluding hydrogens is 422 g/mol. The lowest BCUT2D eigenvalue weighted by atomic mass is 10.1. The van der Waals surface area contributed by atoms with Gasteiger partial charge >= 0.3 is 0 Å². The summed E-state index contributed by atoms with van der Waals surface area (Å²) >= 11 is 7.46. The van der Waals surface area contributed by atoms with Crippen molar-refractivity contribution in [2.24, 2.45) is 0 Å². The predicted molar refractivity (Wildman–Crippen MR) is 120 cm³/mol. The van der Waals surface area contributed by atoms with E-state index in [1.54, 1.807) is 53.4 Å². The molecule has 8 heteroatoms. The summed E-state index contributed by atoms with van der Waals surface area (Å²) in [5.41, 5.74) is 1.96. The smallest absolute Gasteiger partial charge is 0.265 e. The minimum atomic E-state index is -0.358. The maximum atomic E-state index is 13.0. The SMILES string of the molecule is O=C(Nc1cccc(NC(=O)c2ccc(Cl)cc2N2CCCC2=O)c1)c1cccs1. The molecule has 2 aromatic carbocycles. The zero-order valence-electron chi connectivity index (χ0n) is 15.9. The summed E-state index contributed by atoms with van der Waals surface area (Å²) in [6, 6.07) is 15.3. The number of anilines is 3. The van der Waals surface area contributed by atoms with E-state index < -0.39 is 0 Å². The van der Waals surface area contributed by atoms with Crippen LogP contribution in [-0.4, -0.2) is 24.3 Å². The van der Waals surface area contributed by atoms with Crippen molar-refractivity contribution in [2.75, 3.05) is 22.1 Å². The Bertz CT molecular complexity index is 1110. The Balaban J connectivity index is 1.53. The van der Waals surface area contributed by atoms with Crippen molar-refractivity contribution in [3.63, 3.8) is 0 Å². The summed E-state index contributed by atoms with van der Waals surface area (Å²) in [6.07, 6.45) is 1.21. The second-order valence-corrected chi connectivity index (χ2v) is 8.16. The van der Waals surface area contributed by atoms with Gasteiger partial charge in [-0.2, -0.15) is 0 Å². The first-order valence-corrected chi connectivity index (χ1v) is 10.6. The van der Waals surface area contributed by atoms with Crippen molar-refractivity contribution in [2.45, 2.75) is 12.8 Å². The topological polar surface area (TPSA) is 78.5 Å². The number of amides is 3. The monoisotopic (exact) mass is 439 g/mol. The highest BCUT2D eigenvalue weighted by molar-refractivity contribution is 7.12. The van der Waals surface area contributed by atoms with Gasteiger partial charge in [-0.05, 0) is 54.3 Å². The van der Waals surface area contributed by atoms with Crippen molar-refractivity contribution in [3.05, 3.63) is 75.4 Å². The van der Waals surface area contributed by atoms with Crippen LogP contribution in [0.15, 0.2) is 60.0 Å². The molecule has 2 N–H and O–H groups in total. The third-order valence-corrected chi connectivity index (χ3v) is 5.80. The number of hydrogen-bond donors (Lipinski definition) is 2. The number of thiophene rings is 1. The van der Waals surface area contributed by atoms with Gasteiger partial charge in [-0.25, -0.2) is 0 Å². The normalized spacial score (nSPS) is 13.4. The molecule has 152 valence electrons. The molecule has 0 unspecified atom stereocenters. The summed E-state index contributed by atoms with van der Waals surface area (Å²) in [6.45, 7) is 0.559. The first-order valence-electron chi connectivity index (χ1n) is 9.37. The van der Waals surface area contributed by atoms with E-state index in [0.717, 1.165) is 6.42 Å². The molecular formula is C22H18ClN3O3S. The molecule has 0 atom stereocenters. The fourth-order valence-electron chi connectivity index (χ4n) is 3.30. The minimum absolute atomic E-state index is 0.0235. The molecule has 2 heterocycles. The van der Waals surface area contributed by atoms with Gasteiger partial charge < -0.3 is 15.5 Å². The maximum Gasteiger partial charge on any atom is 0.265 e. The van der Waals surface area contributed by atoms with Crippen LogP contribution in [0.25, 0.3) is 0 Å². The zero-order valence-corrected chi connectivity index (χ0v) is 17.4. The number of halogens is 1. The predicted octanol–water partition coefficient (Wildman–Crippen LogP) is 5.03. The second-order valence-electron chi connectivity index (χ2n) is 6.78. The summed E-state index contributed by atoms with van der Waals surface area (Å²) in [4.78, 5) is 39.6. The molecule has 1 aromatic heterocycles. The van der Waals surface area contributed by atoms with E-state index in [4.69, 9.17) is 11.6 Å². The highest BCUT2D eigenvalue weighted by atomic mass is 35.5. The molecule has 1 aliphatic heterocycles. The summed E-state index contributed by atoms with van der Waals surface area (Å²) < 4.78 is 0. The molecule has 1 fully saturated rings. The third-order valence-electron chi connectivity index (χ3n) is 4.69. The zero-order chi connectivity index (χ0) is 21.1. The molecule has 0 bridgehead atoms. The molecule has 3 amide bonds. The Hall–Kier alpha value is -3.16. The Kier molecular flexibility index (Phi) is 5.83. The number of hydrogen-bond acceptors (Lipinski definition) is 4. The maximum absolute atomic E-state index is 13.0. The van der Waals surface area contributed by atoms with E-state index in [2.05, 4.69) is 10.6 Å². The van der Waals surface area contributed by atoms with E-state index in [9.17, 15) is 14.4 Å². The summed E-state index contributed by atoms with van der Waals surface area (Å²) in [7, 11) is 0. The van der Waals surface area contributed by atoms with Crippen LogP contribution in [0.1, 0.15) is 32.9 Å². The molecule has 4 rings (SSSR count). The lowest BCUT2D eigenvalue weighted by Gasteiger charge is -2.20. The Morgan fingerprint density at radius 2 is 1.73 bits per heavy atom. The van der Waals surface area contributed by atoms with Crippen molar-refractivity contribution in [3.8, 4) is 0 Å². The van der Waals surface area contributed by atoms with Crippen LogP contribution in [0, 0.1) is 0 Å². The first kappa shape index (κ1) is 20.1. The van der Waals surface area contributed by atoms with E-state index >= 15 is 0 Å². The van der Waals surface area contributed by atoms with Crippen LogP contribution in [-0.2, 0) is 4.79 Å². The first-order chi connectivity index (χ1) is 14.5. The molecule has 0 aliphatic carbocycles. The van der Waals surface area contributed by atoms with Crippen LogP contribution >= 0.6 is 22.9 Å². The van der Waals surface area contributed by atoms with Crippen molar-refractivity contribution in [1.29, 1.82) is 0 Å². The van der Waals surface area contributed by atoms with Crippen molar-refractivity contribution >= 4 is 57.7 Å². The van der Waals surface area contributed by atoms with Gasteiger partial charge in [-0.1, -0.05) is 23.7 Å². The average Bonchev–Trinajstić information content (AvgIpc) is 3.40. The lowest BCUT2D eigenvalue weighted by molar-refractivity contribution is -0.117. The number of carbonyl (C=O) groups excluding carboxylic acids is 3. The van der Waals surface area contributed by atoms with Gasteiger partial charge in [-0.15, -0.1) is 11.3 Å². The molecule has 1 aliphatic rings. The van der Waals surface area contributed by atoms with Gasteiger partial charge in [0, 0.05) is 29.4 Å². The van der Waals surface area contributed by atoms with E-state index in [1.165, 1.54) is 11.3 Å². The van der Waals surface area contributed by atoms with Crippen LogP contribution < -0.4 is 15.5 Å². The van der Waals surface area contributed by atoms with E-state index in [0.29, 0.717) is 45.5 Å². The Labute approximate surface area is 182 Å². The Morgan fingerprint density at radius 1 is 0.967 bits per heavy atom. The second kappa shape index (κ2) is 8.69. The average molecular weight is 440 g/mol. The number of rotatable bonds is 5. The Morgan fingerprint density at radius 3 is 2.40 bits per heavy atom. The van der Waals surface area contributed by atoms with Crippen molar-refractivity contribution < 1.29 is 14.4 Å². The highest BCUT2D eigenvalue weighted by Crippen LogP contribution is 2.29. The number of nitrogens with one attached hydrogen (secondary N) is 2. The molecule has 0 spiro atoms. The summed E-state index contributed by atoms with van der Waals surface area (Å²) in [5.74, 6) is -0.589. The molecule has 0 saturated carbocycles. The van der Waals surface area contributed by atoms with Crippen LogP contribution in [0.3, 0.4) is 0 Å². The number of benzene rings is 2. The summed E-state index contributed by atoms with van der Waals surface area (Å²) in [5, 5.41) is 7.94. The molecule has 6 nitrogen and oxygen atoms in total. The van der Waals surface area contributed by atoms with Gasteiger partial charge in [0.2, 0.25) is 5.91 Å². The van der Waals surface area contributed by atoms with Crippen LogP contribution in [0.4, 0.5) is 17.1 Å². The van der Waals surface area contributed by atoms with Gasteiger partial charge in [0.25, 0.3) is 11.8 Å². The van der Waals surface area contributed by atoms with Crippen molar-refractivity contribution in [1.82, 2.24) is 0 Å². The van der Waals surface area contributed by atoms with Crippen LogP contribution in [0.5, 0.6) is 0 Å². The number of nitrogens with zero attached hydrogens (tertiary/aromatic N) is 1.